The number of aromatic nitrogens is 1. The maximum absolute atomic E-state index is 13.9. The molecule has 3 aromatic rings. The molecule has 2 heterocycles. The minimum absolute atomic E-state index is 0.0579. The van der Waals surface area contributed by atoms with Crippen molar-refractivity contribution >= 4 is 44.0 Å². The highest BCUT2D eigenvalue weighted by Gasteiger charge is 2.39. The number of halogens is 1. The predicted octanol–water partition coefficient (Wildman–Crippen LogP) is 3.63. The molecule has 2 unspecified atom stereocenters. The van der Waals surface area contributed by atoms with Crippen LogP contribution in [0.1, 0.15) is 22.5 Å². The molecule has 1 aromatic heterocycles. The lowest BCUT2D eigenvalue weighted by atomic mass is 9.91. The number of sulfonamides is 1. The summed E-state index contributed by atoms with van der Waals surface area (Å²) in [5, 5.41) is 0.662. The van der Waals surface area contributed by atoms with Gasteiger partial charge in [0.05, 0.1) is 19.3 Å². The first kappa shape index (κ1) is 27.6. The molecule has 9 nitrogen and oxygen atoms in total. The molecule has 0 bridgehead atoms. The number of rotatable bonds is 8. The number of aromatic amines is 1. The van der Waals surface area contributed by atoms with Gasteiger partial charge in [-0.25, -0.2) is 8.42 Å². The normalized spacial score (nSPS) is 22.4. The van der Waals surface area contributed by atoms with Crippen molar-refractivity contribution in [2.24, 2.45) is 5.73 Å². The van der Waals surface area contributed by atoms with E-state index in [1.807, 2.05) is 49.3 Å². The Kier molecular flexibility index (Phi) is 7.69. The van der Waals surface area contributed by atoms with Crippen LogP contribution in [0.15, 0.2) is 71.7 Å². The fourth-order valence-electron chi connectivity index (χ4n) is 5.05. The molecule has 0 spiro atoms. The number of fused-ring (bicyclic) bond motifs is 1. The van der Waals surface area contributed by atoms with E-state index in [0.717, 1.165) is 11.1 Å². The number of amides is 1. The monoisotopic (exact) mass is 570 g/mol. The Hall–Kier alpha value is -2.99. The lowest BCUT2D eigenvalue weighted by Crippen LogP contribution is -2.51. The molecule has 3 N–H and O–H groups in total. The van der Waals surface area contributed by atoms with Crippen LogP contribution in [0.2, 0.25) is 5.02 Å². The summed E-state index contributed by atoms with van der Waals surface area (Å²) in [5.41, 5.74) is 7.36. The molecule has 11 heteroatoms. The Morgan fingerprint density at radius 3 is 2.74 bits per heavy atom. The van der Waals surface area contributed by atoms with Gasteiger partial charge < -0.3 is 20.2 Å². The summed E-state index contributed by atoms with van der Waals surface area (Å²) >= 11 is 6.15. The second-order valence-electron chi connectivity index (χ2n) is 9.88. The average molecular weight is 571 g/mol. The first-order valence-electron chi connectivity index (χ1n) is 12.6. The van der Waals surface area contributed by atoms with Crippen LogP contribution in [-0.4, -0.2) is 80.7 Å². The van der Waals surface area contributed by atoms with Crippen LogP contribution in [0.4, 0.5) is 0 Å². The Balaban J connectivity index is 1.36. The quantitative estimate of drug-likeness (QED) is 0.399. The summed E-state index contributed by atoms with van der Waals surface area (Å²) in [6.45, 7) is 0.535. The zero-order valence-electron chi connectivity index (χ0n) is 21.8. The lowest BCUT2D eigenvalue weighted by Gasteiger charge is -2.41. The molecule has 1 saturated heterocycles. The van der Waals surface area contributed by atoms with Gasteiger partial charge in [0.25, 0.3) is 5.91 Å². The van der Waals surface area contributed by atoms with Crippen molar-refractivity contribution in [3.63, 3.8) is 0 Å². The van der Waals surface area contributed by atoms with E-state index in [-0.39, 0.29) is 36.9 Å². The van der Waals surface area contributed by atoms with E-state index in [1.165, 1.54) is 10.4 Å². The number of nitrogens with one attached hydrogen (secondary N) is 1. The molecule has 0 saturated carbocycles. The van der Waals surface area contributed by atoms with Crippen LogP contribution in [0.25, 0.3) is 16.5 Å². The standard InChI is InChI=1S/C28H31ClN4O5S/c1-32(2)28(12-6-9-20(16-28)19-7-4-3-5-8-19)38-18-22-17-33(13-14-37-22)39(35,36)26-23-15-21(29)10-11-24(23)31-25(26)27(30)34/h3-12,15,22,31H,13-14,16-18H2,1-2H3,(H2,30,34). The van der Waals surface area contributed by atoms with E-state index in [9.17, 15) is 13.2 Å². The molecule has 5 rings (SSSR count). The molecule has 1 aliphatic carbocycles. The van der Waals surface area contributed by atoms with E-state index in [4.69, 9.17) is 26.8 Å². The third-order valence-corrected chi connectivity index (χ3v) is 9.36. The van der Waals surface area contributed by atoms with E-state index >= 15 is 0 Å². The number of primary amides is 1. The number of likely N-dealkylation sites (N-methyl/N-ethyl adjacent to an activating group) is 1. The van der Waals surface area contributed by atoms with Gasteiger partial charge in [-0.3, -0.25) is 9.69 Å². The summed E-state index contributed by atoms with van der Waals surface area (Å²) in [6, 6.07) is 14.9. The average Bonchev–Trinajstić information content (AvgIpc) is 3.32. The van der Waals surface area contributed by atoms with Crippen LogP contribution < -0.4 is 5.73 Å². The molecule has 206 valence electrons. The van der Waals surface area contributed by atoms with Crippen LogP contribution >= 0.6 is 11.6 Å². The molecular formula is C28H31ClN4O5S. The van der Waals surface area contributed by atoms with Crippen molar-refractivity contribution in [2.75, 3.05) is 40.4 Å². The van der Waals surface area contributed by atoms with Gasteiger partial charge in [-0.05, 0) is 49.5 Å². The van der Waals surface area contributed by atoms with Crippen molar-refractivity contribution in [1.82, 2.24) is 14.2 Å². The Morgan fingerprint density at radius 1 is 1.26 bits per heavy atom. The summed E-state index contributed by atoms with van der Waals surface area (Å²) in [7, 11) is -0.219. The number of allylic oxidation sites excluding steroid dienone is 2. The number of H-pyrrole nitrogens is 1. The van der Waals surface area contributed by atoms with E-state index in [0.29, 0.717) is 22.3 Å². The van der Waals surface area contributed by atoms with Crippen LogP contribution in [0.5, 0.6) is 0 Å². The Morgan fingerprint density at radius 2 is 2.03 bits per heavy atom. The maximum atomic E-state index is 13.9. The number of carbonyl (C=O) groups is 1. The highest BCUT2D eigenvalue weighted by atomic mass is 35.5. The second kappa shape index (κ2) is 10.9. The van der Waals surface area contributed by atoms with Gasteiger partial charge in [-0.1, -0.05) is 54.1 Å². The van der Waals surface area contributed by atoms with E-state index in [2.05, 4.69) is 23.2 Å². The largest absolute Gasteiger partial charge is 0.373 e. The topological polar surface area (TPSA) is 118 Å². The molecule has 0 radical (unpaired) electrons. The first-order chi connectivity index (χ1) is 18.6. The van der Waals surface area contributed by atoms with E-state index in [1.54, 1.807) is 12.1 Å². The number of carbonyl (C=O) groups excluding carboxylic acids is 1. The maximum Gasteiger partial charge on any atom is 0.266 e. The molecule has 1 amide bonds. The summed E-state index contributed by atoms with van der Waals surface area (Å²) < 4.78 is 41.4. The number of nitrogens with zero attached hydrogens (tertiary/aromatic N) is 2. The number of ether oxygens (including phenoxy) is 2. The zero-order chi connectivity index (χ0) is 27.8. The number of nitrogens with two attached hydrogens (primary N) is 1. The molecule has 2 atom stereocenters. The predicted molar refractivity (Wildman–Crippen MR) is 151 cm³/mol. The third-order valence-electron chi connectivity index (χ3n) is 7.18. The van der Waals surface area contributed by atoms with Crippen molar-refractivity contribution in [2.45, 2.75) is 23.1 Å². The van der Waals surface area contributed by atoms with Crippen LogP contribution in [0.3, 0.4) is 0 Å². The minimum Gasteiger partial charge on any atom is -0.373 e. The Bertz CT molecular complexity index is 1550. The molecule has 2 aromatic carbocycles. The molecule has 1 aliphatic heterocycles. The summed E-state index contributed by atoms with van der Waals surface area (Å²) in [4.78, 5) is 16.9. The molecular weight excluding hydrogens is 540 g/mol. The molecule has 1 fully saturated rings. The van der Waals surface area contributed by atoms with Crippen LogP contribution in [0, 0.1) is 0 Å². The fourth-order valence-corrected chi connectivity index (χ4v) is 7.01. The number of hydrogen-bond acceptors (Lipinski definition) is 6. The SMILES string of the molecule is CN(C)C1(OCC2CN(S(=O)(=O)c3c(C(N)=O)[nH]c4ccc(Cl)cc34)CCO2)C=CC=C(c2ccccc2)C1. The Labute approximate surface area is 232 Å². The lowest BCUT2D eigenvalue weighted by molar-refractivity contribution is -0.140. The van der Waals surface area contributed by atoms with Gasteiger partial charge in [0.1, 0.15) is 16.3 Å². The summed E-state index contributed by atoms with van der Waals surface area (Å²) in [5.74, 6) is -0.867. The van der Waals surface area contributed by atoms with Gasteiger partial charge in [-0.2, -0.15) is 4.31 Å². The molecule has 39 heavy (non-hydrogen) atoms. The first-order valence-corrected chi connectivity index (χ1v) is 14.4. The highest BCUT2D eigenvalue weighted by Crippen LogP contribution is 2.35. The smallest absolute Gasteiger partial charge is 0.266 e. The van der Waals surface area contributed by atoms with Gasteiger partial charge >= 0.3 is 0 Å². The summed E-state index contributed by atoms with van der Waals surface area (Å²) in [6.07, 6.45) is 6.17. The molecule has 2 aliphatic rings. The van der Waals surface area contributed by atoms with E-state index < -0.39 is 27.8 Å². The highest BCUT2D eigenvalue weighted by molar-refractivity contribution is 7.89. The van der Waals surface area contributed by atoms with Gasteiger partial charge in [0.15, 0.2) is 0 Å². The third kappa shape index (κ3) is 5.41. The number of benzene rings is 2. The van der Waals surface area contributed by atoms with Gasteiger partial charge in [-0.15, -0.1) is 0 Å². The zero-order valence-corrected chi connectivity index (χ0v) is 23.3. The van der Waals surface area contributed by atoms with Crippen LogP contribution in [-0.2, 0) is 19.5 Å². The van der Waals surface area contributed by atoms with Crippen molar-refractivity contribution in [3.8, 4) is 0 Å². The van der Waals surface area contributed by atoms with Gasteiger partial charge in [0, 0.05) is 35.4 Å². The fraction of sp³-hybridized carbons (Fsp3) is 0.321. The number of hydrogen-bond donors (Lipinski definition) is 2. The van der Waals surface area contributed by atoms with Crippen molar-refractivity contribution in [1.29, 1.82) is 0 Å². The van der Waals surface area contributed by atoms with Crippen molar-refractivity contribution in [3.05, 3.63) is 83.0 Å². The van der Waals surface area contributed by atoms with Crippen molar-refractivity contribution < 1.29 is 22.7 Å². The number of morpholine rings is 1. The minimum atomic E-state index is -4.12. The van der Waals surface area contributed by atoms with Gasteiger partial charge in [0.2, 0.25) is 10.0 Å². The second-order valence-corrected chi connectivity index (χ2v) is 12.2.